The zero-order valence-corrected chi connectivity index (χ0v) is 10.5. The normalized spacial score (nSPS) is 10.9. The number of benzene rings is 1. The van der Waals surface area contributed by atoms with Gasteiger partial charge in [0.05, 0.1) is 4.92 Å². The minimum atomic E-state index is -2.64. The maximum Gasteiger partial charge on any atom is 1.00 e. The summed E-state index contributed by atoms with van der Waals surface area (Å²) in [6.45, 7) is 0. The maximum absolute atomic E-state index is 10.6. The molecule has 1 aromatic carbocycles. The summed E-state index contributed by atoms with van der Waals surface area (Å²) in [5, 5.41) is 19.0. The summed E-state index contributed by atoms with van der Waals surface area (Å²) in [7, 11) is 0. The minimum absolute atomic E-state index is 0. The second-order valence-corrected chi connectivity index (χ2v) is 3.16. The Morgan fingerprint density at radius 3 is 2.47 bits per heavy atom. The van der Waals surface area contributed by atoms with Gasteiger partial charge in [-0.15, -0.1) is 0 Å². The Morgan fingerprint density at radius 1 is 1.47 bits per heavy atom. The Labute approximate surface area is 110 Å². The molecule has 0 aromatic heterocycles. The average molecular weight is 234 g/mol. The molecule has 0 saturated heterocycles. The standard InChI is InChI=1S/C7H4N2O4S.Na/c8-4-5-6(9(10)11)2-1-3-7(5)14(12)13;/h1-3H,(H,12,13);/q;+1/p-1. The summed E-state index contributed by atoms with van der Waals surface area (Å²) < 4.78 is 21.2. The molecule has 0 radical (unpaired) electrons. The second-order valence-electron chi connectivity index (χ2n) is 2.25. The summed E-state index contributed by atoms with van der Waals surface area (Å²) in [6.07, 6.45) is 0. The van der Waals surface area contributed by atoms with Crippen LogP contribution in [0.15, 0.2) is 23.1 Å². The fourth-order valence-electron chi connectivity index (χ4n) is 0.923. The first kappa shape index (κ1) is 14.2. The number of nitrogens with zero attached hydrogens (tertiary/aromatic N) is 2. The smallest absolute Gasteiger partial charge is 0.768 e. The van der Waals surface area contributed by atoms with Crippen LogP contribution in [0.1, 0.15) is 5.56 Å². The van der Waals surface area contributed by atoms with Crippen LogP contribution in [0.25, 0.3) is 0 Å². The molecule has 0 bridgehead atoms. The van der Waals surface area contributed by atoms with E-state index in [4.69, 9.17) is 5.26 Å². The van der Waals surface area contributed by atoms with Crippen molar-refractivity contribution in [2.24, 2.45) is 0 Å². The van der Waals surface area contributed by atoms with E-state index < -0.39 is 27.3 Å². The Bertz CT molecular complexity index is 425. The fourth-order valence-corrected chi connectivity index (χ4v) is 1.43. The number of hydrogen-bond donors (Lipinski definition) is 0. The van der Waals surface area contributed by atoms with Gasteiger partial charge in [-0.05, 0) is 17.1 Å². The Hall–Kier alpha value is -0.780. The maximum atomic E-state index is 10.6. The predicted octanol–water partition coefficient (Wildman–Crippen LogP) is -2.29. The van der Waals surface area contributed by atoms with Gasteiger partial charge in [-0.1, -0.05) is 6.07 Å². The molecule has 0 heterocycles. The molecule has 0 amide bonds. The molecular weight excluding hydrogens is 231 g/mol. The van der Waals surface area contributed by atoms with E-state index in [1.165, 1.54) is 12.1 Å². The van der Waals surface area contributed by atoms with E-state index >= 15 is 0 Å². The molecule has 1 aromatic rings. The molecule has 6 nitrogen and oxygen atoms in total. The summed E-state index contributed by atoms with van der Waals surface area (Å²) in [5.41, 5.74) is -0.944. The van der Waals surface area contributed by atoms with E-state index in [0.717, 1.165) is 12.1 Å². The van der Waals surface area contributed by atoms with Gasteiger partial charge in [0.25, 0.3) is 5.69 Å². The van der Waals surface area contributed by atoms with Crippen LogP contribution in [0.5, 0.6) is 0 Å². The third-order valence-electron chi connectivity index (χ3n) is 1.49. The van der Waals surface area contributed by atoms with Crippen molar-refractivity contribution in [1.29, 1.82) is 5.26 Å². The van der Waals surface area contributed by atoms with E-state index in [1.807, 2.05) is 0 Å². The number of nitriles is 1. The molecule has 0 spiro atoms. The van der Waals surface area contributed by atoms with Crippen LogP contribution in [-0.2, 0) is 11.1 Å². The average Bonchev–Trinajstić information content (AvgIpc) is 2.16. The number of hydrogen-bond acceptors (Lipinski definition) is 5. The summed E-state index contributed by atoms with van der Waals surface area (Å²) in [5.74, 6) is 0. The van der Waals surface area contributed by atoms with E-state index in [9.17, 15) is 18.9 Å². The van der Waals surface area contributed by atoms with Crippen LogP contribution in [0.3, 0.4) is 0 Å². The molecule has 1 atom stereocenters. The predicted molar refractivity (Wildman–Crippen MR) is 45.0 cm³/mol. The molecule has 0 fully saturated rings. The van der Waals surface area contributed by atoms with Crippen LogP contribution >= 0.6 is 0 Å². The van der Waals surface area contributed by atoms with Gasteiger partial charge < -0.3 is 4.55 Å². The van der Waals surface area contributed by atoms with Crippen molar-refractivity contribution < 1.29 is 43.2 Å². The zero-order valence-electron chi connectivity index (χ0n) is 7.67. The van der Waals surface area contributed by atoms with Gasteiger partial charge in [-0.25, -0.2) is 0 Å². The molecule has 15 heavy (non-hydrogen) atoms. The monoisotopic (exact) mass is 234 g/mol. The van der Waals surface area contributed by atoms with Crippen molar-refractivity contribution in [3.05, 3.63) is 33.9 Å². The molecule has 0 N–H and O–H groups in total. The van der Waals surface area contributed by atoms with Crippen LogP contribution in [-0.4, -0.2) is 13.7 Å². The molecule has 72 valence electrons. The van der Waals surface area contributed by atoms with Crippen molar-refractivity contribution in [2.45, 2.75) is 4.90 Å². The minimum Gasteiger partial charge on any atom is -0.768 e. The summed E-state index contributed by atoms with van der Waals surface area (Å²) in [6, 6.07) is 4.92. The number of rotatable bonds is 2. The van der Waals surface area contributed by atoms with Gasteiger partial charge in [-0.3, -0.25) is 14.3 Å². The summed E-state index contributed by atoms with van der Waals surface area (Å²) >= 11 is -2.64. The van der Waals surface area contributed by atoms with Crippen LogP contribution in [0.4, 0.5) is 5.69 Å². The topological polar surface area (TPSA) is 107 Å². The second kappa shape index (κ2) is 5.95. The molecule has 1 unspecified atom stereocenters. The SMILES string of the molecule is N#Cc1c([N+](=O)[O-])cccc1S(=O)[O-].[Na+]. The number of nitro benzene ring substituents is 1. The molecular formula is C7H3N2NaO4S. The third kappa shape index (κ3) is 3.09. The largest absolute Gasteiger partial charge is 1.00 e. The Kier molecular flexibility index (Phi) is 5.64. The zero-order chi connectivity index (χ0) is 10.7. The van der Waals surface area contributed by atoms with Crippen molar-refractivity contribution >= 4 is 16.8 Å². The number of nitro groups is 1. The van der Waals surface area contributed by atoms with Crippen LogP contribution in [0.2, 0.25) is 0 Å². The van der Waals surface area contributed by atoms with Gasteiger partial charge in [-0.2, -0.15) is 5.26 Å². The quantitative estimate of drug-likeness (QED) is 0.248. The van der Waals surface area contributed by atoms with Crippen LogP contribution < -0.4 is 29.6 Å². The third-order valence-corrected chi connectivity index (χ3v) is 2.19. The van der Waals surface area contributed by atoms with Gasteiger partial charge in [0.2, 0.25) is 0 Å². The van der Waals surface area contributed by atoms with Gasteiger partial charge in [0, 0.05) is 11.0 Å². The molecule has 8 heteroatoms. The molecule has 0 aliphatic heterocycles. The van der Waals surface area contributed by atoms with Crippen molar-refractivity contribution in [3.8, 4) is 6.07 Å². The van der Waals surface area contributed by atoms with Crippen molar-refractivity contribution in [1.82, 2.24) is 0 Å². The van der Waals surface area contributed by atoms with Gasteiger partial charge in [0.1, 0.15) is 11.6 Å². The van der Waals surface area contributed by atoms with Gasteiger partial charge >= 0.3 is 29.6 Å². The molecule has 0 saturated carbocycles. The van der Waals surface area contributed by atoms with Crippen molar-refractivity contribution in [2.75, 3.05) is 0 Å². The fraction of sp³-hybridized carbons (Fsp3) is 0. The molecule has 1 rings (SSSR count). The van der Waals surface area contributed by atoms with Gasteiger partial charge in [0.15, 0.2) is 0 Å². The van der Waals surface area contributed by atoms with E-state index in [-0.39, 0.29) is 34.5 Å². The van der Waals surface area contributed by atoms with E-state index in [1.54, 1.807) is 0 Å². The van der Waals surface area contributed by atoms with Crippen LogP contribution in [0, 0.1) is 21.4 Å². The molecule has 0 aliphatic rings. The first-order valence-electron chi connectivity index (χ1n) is 3.34. The van der Waals surface area contributed by atoms with E-state index in [2.05, 4.69) is 0 Å². The Balaban J connectivity index is 0.00000196. The Morgan fingerprint density at radius 2 is 2.07 bits per heavy atom. The molecule has 0 aliphatic carbocycles. The van der Waals surface area contributed by atoms with Crippen molar-refractivity contribution in [3.63, 3.8) is 0 Å². The van der Waals surface area contributed by atoms with E-state index in [0.29, 0.717) is 0 Å². The first-order valence-corrected chi connectivity index (χ1v) is 4.42. The first-order chi connectivity index (χ1) is 6.57. The summed E-state index contributed by atoms with van der Waals surface area (Å²) in [4.78, 5) is 9.25.